The third-order valence-corrected chi connectivity index (χ3v) is 7.49. The van der Waals surface area contributed by atoms with Crippen molar-refractivity contribution in [2.24, 2.45) is 11.8 Å². The maximum atomic E-state index is 12.7. The molecule has 1 aliphatic rings. The summed E-state index contributed by atoms with van der Waals surface area (Å²) in [5.74, 6) is -0.00373. The van der Waals surface area contributed by atoms with Crippen LogP contribution in [0.15, 0.2) is 18.2 Å². The number of piperidine rings is 1. The first-order valence-corrected chi connectivity index (χ1v) is 11.2. The SMILES string of the molecule is CC(C)[C@H](C)NC(=O)C1CCN(S(=O)(=O)Cc2c(Cl)cccc2Cl)CC1. The fourth-order valence-corrected chi connectivity index (χ4v) is 5.16. The molecule has 1 amide bonds. The molecule has 0 aliphatic carbocycles. The molecule has 0 aromatic heterocycles. The maximum Gasteiger partial charge on any atom is 0.223 e. The summed E-state index contributed by atoms with van der Waals surface area (Å²) in [6.45, 7) is 6.76. The quantitative estimate of drug-likeness (QED) is 0.762. The third kappa shape index (κ3) is 5.35. The Labute approximate surface area is 166 Å². The Morgan fingerprint density at radius 2 is 1.73 bits per heavy atom. The van der Waals surface area contributed by atoms with Gasteiger partial charge in [-0.3, -0.25) is 4.79 Å². The Hall–Kier alpha value is -0.820. The molecule has 0 unspecified atom stereocenters. The van der Waals surface area contributed by atoms with Gasteiger partial charge in [0.05, 0.1) is 5.75 Å². The van der Waals surface area contributed by atoms with Gasteiger partial charge in [-0.1, -0.05) is 43.1 Å². The van der Waals surface area contributed by atoms with E-state index >= 15 is 0 Å². The molecule has 0 saturated carbocycles. The molecule has 26 heavy (non-hydrogen) atoms. The van der Waals surface area contributed by atoms with Crippen LogP contribution >= 0.6 is 23.2 Å². The topological polar surface area (TPSA) is 66.5 Å². The average molecular weight is 421 g/mol. The molecule has 1 aliphatic heterocycles. The first-order chi connectivity index (χ1) is 12.1. The summed E-state index contributed by atoms with van der Waals surface area (Å²) in [4.78, 5) is 12.3. The van der Waals surface area contributed by atoms with Crippen LogP contribution in [0, 0.1) is 11.8 Å². The number of hydrogen-bond donors (Lipinski definition) is 1. The minimum atomic E-state index is -3.53. The highest BCUT2D eigenvalue weighted by Crippen LogP contribution is 2.29. The second-order valence-corrected chi connectivity index (χ2v) is 9.95. The van der Waals surface area contributed by atoms with Crippen LogP contribution in [-0.4, -0.2) is 37.8 Å². The Morgan fingerprint density at radius 3 is 2.23 bits per heavy atom. The lowest BCUT2D eigenvalue weighted by Gasteiger charge is -2.31. The lowest BCUT2D eigenvalue weighted by atomic mass is 9.96. The van der Waals surface area contributed by atoms with Gasteiger partial charge in [-0.25, -0.2) is 12.7 Å². The molecule has 146 valence electrons. The van der Waals surface area contributed by atoms with Gasteiger partial charge >= 0.3 is 0 Å². The van der Waals surface area contributed by atoms with E-state index in [9.17, 15) is 13.2 Å². The molecular formula is C18H26Cl2N2O3S. The molecule has 1 aromatic rings. The van der Waals surface area contributed by atoms with Crippen LogP contribution in [0.2, 0.25) is 10.0 Å². The third-order valence-electron chi connectivity index (χ3n) is 4.98. The summed E-state index contributed by atoms with van der Waals surface area (Å²) >= 11 is 12.2. The summed E-state index contributed by atoms with van der Waals surface area (Å²) < 4.78 is 26.9. The first kappa shape index (κ1) is 21.5. The molecule has 5 nitrogen and oxygen atoms in total. The predicted octanol–water partition coefficient (Wildman–Crippen LogP) is 3.70. The number of nitrogens with zero attached hydrogens (tertiary/aromatic N) is 1. The number of sulfonamides is 1. The van der Waals surface area contributed by atoms with Crippen molar-refractivity contribution >= 4 is 39.1 Å². The van der Waals surface area contributed by atoms with Gasteiger partial charge in [-0.2, -0.15) is 0 Å². The van der Waals surface area contributed by atoms with Crippen LogP contribution < -0.4 is 5.32 Å². The summed E-state index contributed by atoms with van der Waals surface area (Å²) in [5, 5.41) is 3.71. The number of amides is 1. The van der Waals surface area contributed by atoms with Crippen LogP contribution in [0.25, 0.3) is 0 Å². The number of rotatable bonds is 6. The van der Waals surface area contributed by atoms with Crippen molar-refractivity contribution in [1.82, 2.24) is 9.62 Å². The van der Waals surface area contributed by atoms with Crippen molar-refractivity contribution in [2.45, 2.75) is 45.4 Å². The van der Waals surface area contributed by atoms with E-state index in [0.29, 0.717) is 47.5 Å². The van der Waals surface area contributed by atoms with Gasteiger partial charge < -0.3 is 5.32 Å². The Kier molecular flexibility index (Phi) is 7.36. The standard InChI is InChI=1S/C18H26Cl2N2O3S/c1-12(2)13(3)21-18(23)14-7-9-22(10-8-14)26(24,25)11-15-16(19)5-4-6-17(15)20/h4-6,12-14H,7-11H2,1-3H3,(H,21,23)/t13-/m0/s1. The monoisotopic (exact) mass is 420 g/mol. The molecular weight excluding hydrogens is 395 g/mol. The van der Waals surface area contributed by atoms with E-state index in [4.69, 9.17) is 23.2 Å². The van der Waals surface area contributed by atoms with Crippen LogP contribution in [0.3, 0.4) is 0 Å². The van der Waals surface area contributed by atoms with Crippen LogP contribution in [0.4, 0.5) is 0 Å². The smallest absolute Gasteiger partial charge is 0.223 e. The fourth-order valence-electron chi connectivity index (χ4n) is 2.85. The molecule has 1 fully saturated rings. The number of halogens is 2. The molecule has 1 heterocycles. The van der Waals surface area contributed by atoms with Crippen molar-refractivity contribution in [2.75, 3.05) is 13.1 Å². The van der Waals surface area contributed by atoms with Crippen molar-refractivity contribution in [3.63, 3.8) is 0 Å². The second-order valence-electron chi connectivity index (χ2n) is 7.17. The minimum absolute atomic E-state index is 0.0115. The number of benzene rings is 1. The first-order valence-electron chi connectivity index (χ1n) is 8.83. The molecule has 0 spiro atoms. The molecule has 1 atom stereocenters. The highest BCUT2D eigenvalue weighted by Gasteiger charge is 2.32. The van der Waals surface area contributed by atoms with E-state index in [1.165, 1.54) is 4.31 Å². The van der Waals surface area contributed by atoms with E-state index in [1.54, 1.807) is 18.2 Å². The largest absolute Gasteiger partial charge is 0.353 e. The minimum Gasteiger partial charge on any atom is -0.353 e. The van der Waals surface area contributed by atoms with Gasteiger partial charge in [0.1, 0.15) is 0 Å². The van der Waals surface area contributed by atoms with Gasteiger partial charge in [0.15, 0.2) is 0 Å². The van der Waals surface area contributed by atoms with E-state index in [1.807, 2.05) is 6.92 Å². The Balaban J connectivity index is 1.97. The van der Waals surface area contributed by atoms with Gasteiger partial charge in [-0.05, 0) is 37.8 Å². The number of hydrogen-bond acceptors (Lipinski definition) is 3. The van der Waals surface area contributed by atoms with Gasteiger partial charge in [0.25, 0.3) is 0 Å². The number of nitrogens with one attached hydrogen (secondary N) is 1. The summed E-state index contributed by atoms with van der Waals surface area (Å²) in [5.41, 5.74) is 0.418. The molecule has 0 bridgehead atoms. The highest BCUT2D eigenvalue weighted by atomic mass is 35.5. The van der Waals surface area contributed by atoms with Crippen molar-refractivity contribution in [3.8, 4) is 0 Å². The lowest BCUT2D eigenvalue weighted by molar-refractivity contribution is -0.127. The lowest BCUT2D eigenvalue weighted by Crippen LogP contribution is -2.46. The normalized spacial score (nSPS) is 18.1. The van der Waals surface area contributed by atoms with E-state index in [-0.39, 0.29) is 23.6 Å². The van der Waals surface area contributed by atoms with Gasteiger partial charge in [-0.15, -0.1) is 0 Å². The predicted molar refractivity (Wildman–Crippen MR) is 106 cm³/mol. The molecule has 0 radical (unpaired) electrons. The second kappa shape index (κ2) is 8.91. The van der Waals surface area contributed by atoms with E-state index in [0.717, 1.165) is 0 Å². The van der Waals surface area contributed by atoms with Gasteiger partial charge in [0, 0.05) is 40.7 Å². The number of carbonyl (C=O) groups excluding carboxylic acids is 1. The van der Waals surface area contributed by atoms with Crippen LogP contribution in [-0.2, 0) is 20.6 Å². The summed E-state index contributed by atoms with van der Waals surface area (Å²) in [7, 11) is -3.53. The van der Waals surface area contributed by atoms with Crippen LogP contribution in [0.1, 0.15) is 39.2 Å². The van der Waals surface area contributed by atoms with Gasteiger partial charge in [0.2, 0.25) is 15.9 Å². The molecule has 2 rings (SSSR count). The number of carbonyl (C=O) groups is 1. The Morgan fingerprint density at radius 1 is 1.19 bits per heavy atom. The van der Waals surface area contributed by atoms with Crippen molar-refractivity contribution in [1.29, 1.82) is 0 Å². The molecule has 1 aromatic carbocycles. The van der Waals surface area contributed by atoms with Crippen molar-refractivity contribution in [3.05, 3.63) is 33.8 Å². The Bertz CT molecular complexity index is 725. The highest BCUT2D eigenvalue weighted by molar-refractivity contribution is 7.88. The van der Waals surface area contributed by atoms with E-state index < -0.39 is 10.0 Å². The van der Waals surface area contributed by atoms with E-state index in [2.05, 4.69) is 19.2 Å². The molecule has 8 heteroatoms. The van der Waals surface area contributed by atoms with Crippen molar-refractivity contribution < 1.29 is 13.2 Å². The average Bonchev–Trinajstić information content (AvgIpc) is 2.58. The fraction of sp³-hybridized carbons (Fsp3) is 0.611. The summed E-state index contributed by atoms with van der Waals surface area (Å²) in [6, 6.07) is 5.05. The molecule has 1 saturated heterocycles. The zero-order chi connectivity index (χ0) is 19.5. The van der Waals surface area contributed by atoms with Crippen LogP contribution in [0.5, 0.6) is 0 Å². The summed E-state index contributed by atoms with van der Waals surface area (Å²) in [6.07, 6.45) is 1.04. The zero-order valence-corrected chi connectivity index (χ0v) is 17.7. The zero-order valence-electron chi connectivity index (χ0n) is 15.3. The maximum absolute atomic E-state index is 12.7. The molecule has 1 N–H and O–H groups in total.